The van der Waals surface area contributed by atoms with E-state index in [0.29, 0.717) is 5.56 Å². The van der Waals surface area contributed by atoms with Gasteiger partial charge in [-0.1, -0.05) is 17.7 Å². The van der Waals surface area contributed by atoms with Crippen LogP contribution in [0.1, 0.15) is 5.56 Å². The number of halogens is 2. The summed E-state index contributed by atoms with van der Waals surface area (Å²) in [6.07, 6.45) is 0. The predicted octanol–water partition coefficient (Wildman–Crippen LogP) is 1.96. The maximum Gasteiger partial charge on any atom is 0.142 e. The number of hydroxylamine groups is 1. The van der Waals surface area contributed by atoms with Gasteiger partial charge in [0.1, 0.15) is 5.82 Å². The smallest absolute Gasteiger partial charge is 0.142 e. The lowest BCUT2D eigenvalue weighted by atomic mass is 10.2. The van der Waals surface area contributed by atoms with E-state index in [1.807, 2.05) is 5.48 Å². The number of rotatable bonds is 2. The fraction of sp³-hybridized carbons (Fsp3) is 0.143. The normalized spacial score (nSPS) is 10.1. The van der Waals surface area contributed by atoms with Crippen LogP contribution in [-0.2, 0) is 6.54 Å². The van der Waals surface area contributed by atoms with Gasteiger partial charge < -0.3 is 5.21 Å². The van der Waals surface area contributed by atoms with E-state index in [-0.39, 0.29) is 11.6 Å². The van der Waals surface area contributed by atoms with Crippen molar-refractivity contribution in [2.75, 3.05) is 0 Å². The molecule has 1 aromatic rings. The Bertz CT molecular complexity index is 254. The first-order valence-corrected chi connectivity index (χ1v) is 3.42. The van der Waals surface area contributed by atoms with E-state index in [1.54, 1.807) is 6.07 Å². The molecule has 4 heteroatoms. The van der Waals surface area contributed by atoms with E-state index >= 15 is 0 Å². The highest BCUT2D eigenvalue weighted by molar-refractivity contribution is 6.30. The van der Waals surface area contributed by atoms with Crippen LogP contribution in [0.15, 0.2) is 18.2 Å². The standard InChI is InChI=1S/C7H7ClFNO/c8-6-2-1-5(4-10-11)3-7(6)9/h1-3,10-11H,4H2. The van der Waals surface area contributed by atoms with Gasteiger partial charge in [-0.2, -0.15) is 0 Å². The molecule has 60 valence electrons. The Morgan fingerprint density at radius 2 is 2.27 bits per heavy atom. The summed E-state index contributed by atoms with van der Waals surface area (Å²) in [5, 5.41) is 8.36. The van der Waals surface area contributed by atoms with Gasteiger partial charge in [0.15, 0.2) is 0 Å². The molecule has 0 saturated carbocycles. The fourth-order valence-corrected chi connectivity index (χ4v) is 0.858. The summed E-state index contributed by atoms with van der Waals surface area (Å²) in [6.45, 7) is 0.216. The van der Waals surface area contributed by atoms with Crippen LogP contribution in [0.2, 0.25) is 5.02 Å². The van der Waals surface area contributed by atoms with Gasteiger partial charge in [-0.05, 0) is 17.7 Å². The van der Waals surface area contributed by atoms with Crippen LogP contribution in [-0.4, -0.2) is 5.21 Å². The minimum absolute atomic E-state index is 0.0895. The molecule has 0 aliphatic rings. The monoisotopic (exact) mass is 175 g/mol. The van der Waals surface area contributed by atoms with Crippen LogP contribution in [0, 0.1) is 5.82 Å². The van der Waals surface area contributed by atoms with Crippen LogP contribution >= 0.6 is 11.6 Å². The fourth-order valence-electron chi connectivity index (χ4n) is 0.741. The minimum atomic E-state index is -0.473. The molecule has 1 rings (SSSR count). The Balaban J connectivity index is 2.86. The zero-order valence-corrected chi connectivity index (χ0v) is 6.40. The Labute approximate surface area is 68.6 Å². The van der Waals surface area contributed by atoms with Crippen LogP contribution in [0.3, 0.4) is 0 Å². The average molecular weight is 176 g/mol. The highest BCUT2D eigenvalue weighted by atomic mass is 35.5. The number of hydrogen-bond acceptors (Lipinski definition) is 2. The van der Waals surface area contributed by atoms with Crippen LogP contribution in [0.25, 0.3) is 0 Å². The first-order chi connectivity index (χ1) is 5.24. The van der Waals surface area contributed by atoms with E-state index < -0.39 is 5.82 Å². The second-order valence-electron chi connectivity index (χ2n) is 2.08. The van der Waals surface area contributed by atoms with Crippen LogP contribution in [0.5, 0.6) is 0 Å². The van der Waals surface area contributed by atoms with Crippen LogP contribution < -0.4 is 5.48 Å². The predicted molar refractivity (Wildman–Crippen MR) is 40.0 cm³/mol. The van der Waals surface area contributed by atoms with E-state index in [1.165, 1.54) is 12.1 Å². The van der Waals surface area contributed by atoms with E-state index in [4.69, 9.17) is 16.8 Å². The molecule has 0 aromatic heterocycles. The lowest BCUT2D eigenvalue weighted by Crippen LogP contribution is -2.05. The van der Waals surface area contributed by atoms with Gasteiger partial charge >= 0.3 is 0 Å². The summed E-state index contributed by atoms with van der Waals surface area (Å²) in [5.74, 6) is -0.473. The SMILES string of the molecule is ONCc1ccc(Cl)c(F)c1. The summed E-state index contributed by atoms with van der Waals surface area (Å²) in [5.41, 5.74) is 2.57. The molecule has 0 spiro atoms. The Morgan fingerprint density at radius 1 is 1.55 bits per heavy atom. The Morgan fingerprint density at radius 3 is 2.82 bits per heavy atom. The summed E-state index contributed by atoms with van der Waals surface area (Å²) < 4.78 is 12.7. The van der Waals surface area contributed by atoms with Gasteiger partial charge in [-0.25, -0.2) is 9.87 Å². The van der Waals surface area contributed by atoms with E-state index in [0.717, 1.165) is 0 Å². The summed E-state index contributed by atoms with van der Waals surface area (Å²) >= 11 is 5.42. The van der Waals surface area contributed by atoms with Gasteiger partial charge in [-0.3, -0.25) is 0 Å². The second kappa shape index (κ2) is 3.67. The molecule has 0 aliphatic carbocycles. The van der Waals surface area contributed by atoms with Gasteiger partial charge in [0.2, 0.25) is 0 Å². The molecule has 0 heterocycles. The third-order valence-electron chi connectivity index (χ3n) is 1.27. The third kappa shape index (κ3) is 2.15. The summed E-state index contributed by atoms with van der Waals surface area (Å²) in [6, 6.07) is 4.35. The van der Waals surface area contributed by atoms with Gasteiger partial charge in [0.05, 0.1) is 5.02 Å². The second-order valence-corrected chi connectivity index (χ2v) is 2.49. The maximum absolute atomic E-state index is 12.7. The molecule has 0 radical (unpaired) electrons. The van der Waals surface area contributed by atoms with Gasteiger partial charge in [0.25, 0.3) is 0 Å². The molecule has 0 saturated heterocycles. The minimum Gasteiger partial charge on any atom is -0.316 e. The maximum atomic E-state index is 12.7. The average Bonchev–Trinajstić information content (AvgIpc) is 1.98. The lowest BCUT2D eigenvalue weighted by Gasteiger charge is -1.99. The zero-order valence-electron chi connectivity index (χ0n) is 5.64. The van der Waals surface area contributed by atoms with Crippen molar-refractivity contribution >= 4 is 11.6 Å². The van der Waals surface area contributed by atoms with Crippen molar-refractivity contribution in [3.05, 3.63) is 34.6 Å². The van der Waals surface area contributed by atoms with Crippen molar-refractivity contribution in [3.8, 4) is 0 Å². The molecule has 2 N–H and O–H groups in total. The molecule has 0 fully saturated rings. The molecular formula is C7H7ClFNO. The highest BCUT2D eigenvalue weighted by Gasteiger charge is 1.99. The number of benzene rings is 1. The topological polar surface area (TPSA) is 32.3 Å². The van der Waals surface area contributed by atoms with Crippen molar-refractivity contribution < 1.29 is 9.60 Å². The van der Waals surface area contributed by atoms with Gasteiger partial charge in [0, 0.05) is 6.54 Å². The van der Waals surface area contributed by atoms with Crippen LogP contribution in [0.4, 0.5) is 4.39 Å². The molecule has 0 amide bonds. The summed E-state index contributed by atoms with van der Waals surface area (Å²) in [4.78, 5) is 0. The number of nitrogens with one attached hydrogen (secondary N) is 1. The van der Waals surface area contributed by atoms with Crippen molar-refractivity contribution in [3.63, 3.8) is 0 Å². The quantitative estimate of drug-likeness (QED) is 0.674. The lowest BCUT2D eigenvalue weighted by molar-refractivity contribution is 0.161. The van der Waals surface area contributed by atoms with Crippen molar-refractivity contribution in [2.45, 2.75) is 6.54 Å². The molecule has 0 atom stereocenters. The first kappa shape index (κ1) is 8.46. The van der Waals surface area contributed by atoms with E-state index in [2.05, 4.69) is 0 Å². The van der Waals surface area contributed by atoms with Crippen molar-refractivity contribution in [1.29, 1.82) is 0 Å². The molecular weight excluding hydrogens is 169 g/mol. The van der Waals surface area contributed by atoms with Crippen molar-refractivity contribution in [1.82, 2.24) is 5.48 Å². The third-order valence-corrected chi connectivity index (χ3v) is 1.57. The largest absolute Gasteiger partial charge is 0.316 e. The molecule has 11 heavy (non-hydrogen) atoms. The zero-order chi connectivity index (χ0) is 8.27. The number of hydrogen-bond donors (Lipinski definition) is 2. The highest BCUT2D eigenvalue weighted by Crippen LogP contribution is 2.15. The summed E-state index contributed by atoms with van der Waals surface area (Å²) in [7, 11) is 0. The molecule has 0 bridgehead atoms. The van der Waals surface area contributed by atoms with Crippen molar-refractivity contribution in [2.24, 2.45) is 0 Å². The molecule has 0 aliphatic heterocycles. The van der Waals surface area contributed by atoms with Gasteiger partial charge in [-0.15, -0.1) is 0 Å². The first-order valence-electron chi connectivity index (χ1n) is 3.05. The molecule has 1 aromatic carbocycles. The Hall–Kier alpha value is -0.640. The Kier molecular flexibility index (Phi) is 2.82. The molecule has 0 unspecified atom stereocenters. The molecule has 2 nitrogen and oxygen atoms in total. The van der Waals surface area contributed by atoms with E-state index in [9.17, 15) is 4.39 Å².